The number of rotatable bonds is 9. The Morgan fingerprint density at radius 3 is 2.73 bits per heavy atom. The maximum atomic E-state index is 11.3. The third-order valence-corrected chi connectivity index (χ3v) is 2.34. The highest BCUT2D eigenvalue weighted by molar-refractivity contribution is 5.75. The average molecular weight is 217 g/mol. The molecule has 1 atom stereocenters. The van der Waals surface area contributed by atoms with Crippen LogP contribution in [-0.2, 0) is 9.53 Å². The Balaban J connectivity index is 3.26. The van der Waals surface area contributed by atoms with Crippen molar-refractivity contribution in [3.05, 3.63) is 0 Å². The zero-order valence-corrected chi connectivity index (χ0v) is 9.79. The Bertz CT molecular complexity index is 162. The highest BCUT2D eigenvalue weighted by Gasteiger charge is 2.04. The van der Waals surface area contributed by atoms with Crippen LogP contribution < -0.4 is 5.32 Å². The molecule has 0 aliphatic rings. The van der Waals surface area contributed by atoms with Gasteiger partial charge in [0.2, 0.25) is 5.91 Å². The van der Waals surface area contributed by atoms with E-state index in [1.807, 2.05) is 6.92 Å². The highest BCUT2D eigenvalue weighted by atomic mass is 16.5. The van der Waals surface area contributed by atoms with Gasteiger partial charge in [0.1, 0.15) is 0 Å². The minimum Gasteiger partial charge on any atom is -0.396 e. The molecule has 15 heavy (non-hydrogen) atoms. The van der Waals surface area contributed by atoms with E-state index in [2.05, 4.69) is 5.32 Å². The van der Waals surface area contributed by atoms with Crippen LogP contribution in [-0.4, -0.2) is 37.4 Å². The molecule has 0 aromatic rings. The molecule has 90 valence electrons. The lowest BCUT2D eigenvalue weighted by molar-refractivity contribution is -0.121. The fraction of sp³-hybridized carbons (Fsp3) is 0.909. The lowest BCUT2D eigenvalue weighted by atomic mass is 10.2. The first-order chi connectivity index (χ1) is 7.20. The summed E-state index contributed by atoms with van der Waals surface area (Å²) in [5, 5.41) is 11.4. The molecule has 0 aromatic carbocycles. The molecule has 0 rings (SSSR count). The summed E-state index contributed by atoms with van der Waals surface area (Å²) < 4.78 is 5.05. The topological polar surface area (TPSA) is 58.6 Å². The van der Waals surface area contributed by atoms with Gasteiger partial charge in [0, 0.05) is 26.7 Å². The lowest BCUT2D eigenvalue weighted by Gasteiger charge is -2.09. The summed E-state index contributed by atoms with van der Waals surface area (Å²) in [5.41, 5.74) is 0. The van der Waals surface area contributed by atoms with E-state index in [0.29, 0.717) is 13.0 Å². The second-order valence-corrected chi connectivity index (χ2v) is 3.72. The highest BCUT2D eigenvalue weighted by Crippen LogP contribution is 1.99. The molecule has 0 fully saturated rings. The molecule has 0 radical (unpaired) electrons. The predicted octanol–water partition coefficient (Wildman–Crippen LogP) is 1.08. The largest absolute Gasteiger partial charge is 0.396 e. The number of unbranched alkanes of at least 4 members (excludes halogenated alkanes) is 2. The van der Waals surface area contributed by atoms with Crippen molar-refractivity contribution in [1.29, 1.82) is 0 Å². The summed E-state index contributed by atoms with van der Waals surface area (Å²) in [7, 11) is 1.65. The van der Waals surface area contributed by atoms with Crippen molar-refractivity contribution in [1.82, 2.24) is 5.32 Å². The van der Waals surface area contributed by atoms with Crippen molar-refractivity contribution < 1.29 is 14.6 Å². The van der Waals surface area contributed by atoms with E-state index in [4.69, 9.17) is 9.84 Å². The fourth-order valence-electron chi connectivity index (χ4n) is 1.18. The van der Waals surface area contributed by atoms with E-state index in [1.54, 1.807) is 7.11 Å². The normalized spacial score (nSPS) is 12.5. The molecule has 0 bridgehead atoms. The summed E-state index contributed by atoms with van der Waals surface area (Å²) >= 11 is 0. The van der Waals surface area contributed by atoms with Crippen LogP contribution >= 0.6 is 0 Å². The Morgan fingerprint density at radius 2 is 2.13 bits per heavy atom. The zero-order valence-electron chi connectivity index (χ0n) is 9.79. The predicted molar refractivity (Wildman–Crippen MR) is 59.7 cm³/mol. The number of aliphatic hydroxyl groups excluding tert-OH is 1. The summed E-state index contributed by atoms with van der Waals surface area (Å²) in [6, 6.07) is 0. The van der Waals surface area contributed by atoms with Gasteiger partial charge in [-0.1, -0.05) is 0 Å². The van der Waals surface area contributed by atoms with Crippen LogP contribution in [0.2, 0.25) is 0 Å². The third-order valence-electron chi connectivity index (χ3n) is 2.34. The molecular formula is C11H23NO3. The number of hydrogen-bond donors (Lipinski definition) is 2. The van der Waals surface area contributed by atoms with Gasteiger partial charge >= 0.3 is 0 Å². The fourth-order valence-corrected chi connectivity index (χ4v) is 1.18. The third kappa shape index (κ3) is 9.69. The monoisotopic (exact) mass is 217 g/mol. The summed E-state index contributed by atoms with van der Waals surface area (Å²) in [4.78, 5) is 11.3. The van der Waals surface area contributed by atoms with Crippen molar-refractivity contribution in [3.8, 4) is 0 Å². The molecule has 1 amide bonds. The van der Waals surface area contributed by atoms with Gasteiger partial charge in [-0.05, 0) is 32.6 Å². The molecule has 0 aliphatic carbocycles. The van der Waals surface area contributed by atoms with E-state index >= 15 is 0 Å². The van der Waals surface area contributed by atoms with E-state index in [-0.39, 0.29) is 18.6 Å². The molecule has 0 aliphatic heterocycles. The van der Waals surface area contributed by atoms with E-state index in [0.717, 1.165) is 25.7 Å². The lowest BCUT2D eigenvalue weighted by Crippen LogP contribution is -2.25. The van der Waals surface area contributed by atoms with Gasteiger partial charge in [0.25, 0.3) is 0 Å². The van der Waals surface area contributed by atoms with Gasteiger partial charge < -0.3 is 15.2 Å². The van der Waals surface area contributed by atoms with Crippen molar-refractivity contribution in [2.75, 3.05) is 20.3 Å². The van der Waals surface area contributed by atoms with Gasteiger partial charge in [-0.2, -0.15) is 0 Å². The Morgan fingerprint density at radius 1 is 1.40 bits per heavy atom. The first-order valence-electron chi connectivity index (χ1n) is 5.61. The molecule has 0 heterocycles. The molecular weight excluding hydrogens is 194 g/mol. The van der Waals surface area contributed by atoms with Crippen molar-refractivity contribution >= 4 is 5.91 Å². The van der Waals surface area contributed by atoms with Gasteiger partial charge in [0.15, 0.2) is 0 Å². The first kappa shape index (κ1) is 14.4. The quantitative estimate of drug-likeness (QED) is 0.568. The second-order valence-electron chi connectivity index (χ2n) is 3.72. The smallest absolute Gasteiger partial charge is 0.220 e. The summed E-state index contributed by atoms with van der Waals surface area (Å²) in [6.45, 7) is 2.90. The second kappa shape index (κ2) is 9.93. The van der Waals surface area contributed by atoms with Crippen LogP contribution in [0.4, 0.5) is 0 Å². The number of amides is 1. The van der Waals surface area contributed by atoms with Crippen molar-refractivity contribution in [2.24, 2.45) is 0 Å². The molecule has 2 N–H and O–H groups in total. The number of carbonyl (C=O) groups is 1. The molecule has 4 nitrogen and oxygen atoms in total. The Labute approximate surface area is 92.0 Å². The van der Waals surface area contributed by atoms with Crippen LogP contribution in [0.5, 0.6) is 0 Å². The van der Waals surface area contributed by atoms with E-state index in [1.165, 1.54) is 0 Å². The number of ether oxygens (including phenoxy) is 1. The van der Waals surface area contributed by atoms with Crippen LogP contribution in [0.15, 0.2) is 0 Å². The van der Waals surface area contributed by atoms with Crippen LogP contribution in [0.3, 0.4) is 0 Å². The summed E-state index contributed by atoms with van der Waals surface area (Å²) in [6.07, 6.45) is 4.15. The van der Waals surface area contributed by atoms with E-state index in [9.17, 15) is 4.79 Å². The number of aliphatic hydroxyl groups is 1. The van der Waals surface area contributed by atoms with E-state index < -0.39 is 0 Å². The maximum Gasteiger partial charge on any atom is 0.220 e. The number of hydrogen-bond acceptors (Lipinski definition) is 3. The van der Waals surface area contributed by atoms with Gasteiger partial charge in [-0.25, -0.2) is 0 Å². The van der Waals surface area contributed by atoms with Crippen LogP contribution in [0.1, 0.15) is 39.0 Å². The minimum absolute atomic E-state index is 0.0860. The van der Waals surface area contributed by atoms with Crippen molar-refractivity contribution in [3.63, 3.8) is 0 Å². The zero-order chi connectivity index (χ0) is 11.5. The molecule has 0 saturated heterocycles. The molecule has 0 aromatic heterocycles. The van der Waals surface area contributed by atoms with Gasteiger partial charge in [-0.15, -0.1) is 0 Å². The number of carbonyl (C=O) groups excluding carboxylic acids is 1. The maximum absolute atomic E-state index is 11.3. The Hall–Kier alpha value is -0.610. The summed E-state index contributed by atoms with van der Waals surface area (Å²) in [5.74, 6) is 0.0860. The van der Waals surface area contributed by atoms with Crippen LogP contribution in [0, 0.1) is 0 Å². The first-order valence-corrected chi connectivity index (χ1v) is 5.61. The molecule has 0 saturated carbocycles. The van der Waals surface area contributed by atoms with Crippen molar-refractivity contribution in [2.45, 2.75) is 45.1 Å². The SMILES string of the molecule is COC(C)CCC(=O)NCCCCCO. The Kier molecular flexibility index (Phi) is 9.52. The van der Waals surface area contributed by atoms with Gasteiger partial charge in [0.05, 0.1) is 6.10 Å². The standard InChI is InChI=1S/C11H23NO3/c1-10(15-2)6-7-11(14)12-8-4-3-5-9-13/h10,13H,3-9H2,1-2H3,(H,12,14). The number of nitrogens with one attached hydrogen (secondary N) is 1. The molecule has 0 spiro atoms. The molecule has 4 heteroatoms. The van der Waals surface area contributed by atoms with Crippen LogP contribution in [0.25, 0.3) is 0 Å². The molecule has 1 unspecified atom stereocenters. The number of methoxy groups -OCH3 is 1. The minimum atomic E-state index is 0.0860. The van der Waals surface area contributed by atoms with Gasteiger partial charge in [-0.3, -0.25) is 4.79 Å². The average Bonchev–Trinajstić information content (AvgIpc) is 2.25.